The van der Waals surface area contributed by atoms with E-state index in [1.54, 1.807) is 13.0 Å². The zero-order chi connectivity index (χ0) is 17.8. The number of aromatic nitrogens is 1. The number of nitrogens with one attached hydrogen (secondary N) is 2. The second-order valence-corrected chi connectivity index (χ2v) is 6.19. The fraction of sp³-hybridized carbons (Fsp3) is 0.471. The first kappa shape index (κ1) is 17.2. The van der Waals surface area contributed by atoms with Crippen LogP contribution in [0.15, 0.2) is 27.1 Å². The Kier molecular flexibility index (Phi) is 5.18. The van der Waals surface area contributed by atoms with Crippen LogP contribution in [0, 0.1) is 13.8 Å². The molecule has 0 saturated carbocycles. The summed E-state index contributed by atoms with van der Waals surface area (Å²) in [6.07, 6.45) is 2.24. The van der Waals surface area contributed by atoms with Gasteiger partial charge in [-0.05, 0) is 51.9 Å². The van der Waals surface area contributed by atoms with Crippen molar-refractivity contribution in [3.05, 3.63) is 35.5 Å². The highest BCUT2D eigenvalue weighted by atomic mass is 16.5. The molecule has 0 radical (unpaired) electrons. The number of anilines is 1. The lowest BCUT2D eigenvalue weighted by molar-refractivity contribution is -0.136. The van der Waals surface area contributed by atoms with Crippen LogP contribution in [0.1, 0.15) is 36.2 Å². The minimum atomic E-state index is -0.774. The molecular formula is C17H22N4O4. The molecule has 2 aromatic heterocycles. The fourth-order valence-corrected chi connectivity index (χ4v) is 2.96. The molecule has 0 aromatic carbocycles. The van der Waals surface area contributed by atoms with Crippen LogP contribution in [0.3, 0.4) is 0 Å². The molecule has 3 rings (SSSR count). The third-order valence-electron chi connectivity index (χ3n) is 4.20. The van der Waals surface area contributed by atoms with Crippen LogP contribution in [-0.2, 0) is 9.59 Å². The van der Waals surface area contributed by atoms with Crippen LogP contribution in [0.4, 0.5) is 5.82 Å². The fourth-order valence-electron chi connectivity index (χ4n) is 2.96. The van der Waals surface area contributed by atoms with E-state index in [1.807, 2.05) is 19.1 Å². The number of likely N-dealkylation sites (tertiary alicyclic amines) is 1. The molecule has 0 aliphatic carbocycles. The Morgan fingerprint density at radius 2 is 1.96 bits per heavy atom. The molecule has 8 nitrogen and oxygen atoms in total. The van der Waals surface area contributed by atoms with E-state index >= 15 is 0 Å². The summed E-state index contributed by atoms with van der Waals surface area (Å²) in [5.41, 5.74) is 0. The maximum atomic E-state index is 12.1. The lowest BCUT2D eigenvalue weighted by Crippen LogP contribution is -2.41. The zero-order valence-electron chi connectivity index (χ0n) is 14.4. The van der Waals surface area contributed by atoms with Crippen molar-refractivity contribution in [3.8, 4) is 0 Å². The van der Waals surface area contributed by atoms with Crippen LogP contribution in [-0.4, -0.2) is 41.5 Å². The highest BCUT2D eigenvalue weighted by molar-refractivity contribution is 6.39. The van der Waals surface area contributed by atoms with Gasteiger partial charge < -0.3 is 14.3 Å². The molecule has 134 valence electrons. The van der Waals surface area contributed by atoms with E-state index in [0.29, 0.717) is 12.3 Å². The van der Waals surface area contributed by atoms with Gasteiger partial charge in [0, 0.05) is 12.6 Å². The molecule has 2 aromatic rings. The van der Waals surface area contributed by atoms with Gasteiger partial charge in [0.05, 0.1) is 6.04 Å². The molecule has 0 spiro atoms. The van der Waals surface area contributed by atoms with Crippen LogP contribution >= 0.6 is 0 Å². The predicted molar refractivity (Wildman–Crippen MR) is 89.9 cm³/mol. The lowest BCUT2D eigenvalue weighted by Gasteiger charge is -2.25. The summed E-state index contributed by atoms with van der Waals surface area (Å²) in [4.78, 5) is 26.3. The topological polar surface area (TPSA) is 101 Å². The SMILES string of the molecule is Cc1cc(NC(=O)C(=O)NCC(c2ccc(C)o2)N2CCCC2)no1. The minimum Gasteiger partial charge on any atom is -0.465 e. The van der Waals surface area contributed by atoms with Gasteiger partial charge >= 0.3 is 11.8 Å². The van der Waals surface area contributed by atoms with Crippen LogP contribution < -0.4 is 10.6 Å². The molecule has 1 saturated heterocycles. The molecule has 3 heterocycles. The van der Waals surface area contributed by atoms with Gasteiger partial charge in [-0.2, -0.15) is 0 Å². The number of furan rings is 1. The van der Waals surface area contributed by atoms with Crippen molar-refractivity contribution in [2.24, 2.45) is 0 Å². The van der Waals surface area contributed by atoms with Crippen molar-refractivity contribution in [3.63, 3.8) is 0 Å². The maximum absolute atomic E-state index is 12.1. The molecule has 1 unspecified atom stereocenters. The Balaban J connectivity index is 1.60. The Morgan fingerprint density at radius 3 is 2.56 bits per heavy atom. The third-order valence-corrected chi connectivity index (χ3v) is 4.20. The van der Waals surface area contributed by atoms with Gasteiger partial charge in [-0.15, -0.1) is 0 Å². The minimum absolute atomic E-state index is 0.0813. The second kappa shape index (κ2) is 7.52. The maximum Gasteiger partial charge on any atom is 0.314 e. The van der Waals surface area contributed by atoms with Crippen LogP contribution in [0.2, 0.25) is 0 Å². The first-order chi connectivity index (χ1) is 12.0. The Hall–Kier alpha value is -2.61. The third kappa shape index (κ3) is 4.27. The van der Waals surface area contributed by atoms with E-state index in [4.69, 9.17) is 8.94 Å². The summed E-state index contributed by atoms with van der Waals surface area (Å²) in [5.74, 6) is 0.905. The molecule has 2 amide bonds. The molecular weight excluding hydrogens is 324 g/mol. The number of amides is 2. The summed E-state index contributed by atoms with van der Waals surface area (Å²) < 4.78 is 10.6. The van der Waals surface area contributed by atoms with Gasteiger partial charge in [0.15, 0.2) is 5.82 Å². The highest BCUT2D eigenvalue weighted by Gasteiger charge is 2.27. The molecule has 0 bridgehead atoms. The van der Waals surface area contributed by atoms with E-state index in [2.05, 4.69) is 20.7 Å². The summed E-state index contributed by atoms with van der Waals surface area (Å²) >= 11 is 0. The van der Waals surface area contributed by atoms with Gasteiger partial charge in [0.25, 0.3) is 0 Å². The molecule has 1 fully saturated rings. The number of carbonyl (C=O) groups excluding carboxylic acids is 2. The Labute approximate surface area is 145 Å². The number of nitrogens with zero attached hydrogens (tertiary/aromatic N) is 2. The summed E-state index contributed by atoms with van der Waals surface area (Å²) in [6.45, 7) is 5.79. The Morgan fingerprint density at radius 1 is 1.20 bits per heavy atom. The molecule has 1 atom stereocenters. The number of hydrogen-bond acceptors (Lipinski definition) is 6. The number of carbonyl (C=O) groups is 2. The highest BCUT2D eigenvalue weighted by Crippen LogP contribution is 2.26. The summed E-state index contributed by atoms with van der Waals surface area (Å²) in [5, 5.41) is 8.73. The first-order valence-corrected chi connectivity index (χ1v) is 8.36. The van der Waals surface area contributed by atoms with Crippen molar-refractivity contribution in [2.75, 3.05) is 25.0 Å². The van der Waals surface area contributed by atoms with Crippen molar-refractivity contribution < 1.29 is 18.5 Å². The van der Waals surface area contributed by atoms with Crippen molar-refractivity contribution in [1.29, 1.82) is 0 Å². The van der Waals surface area contributed by atoms with E-state index < -0.39 is 11.8 Å². The average Bonchev–Trinajstić information content (AvgIpc) is 3.31. The Bertz CT molecular complexity index is 745. The number of aryl methyl sites for hydroxylation is 2. The van der Waals surface area contributed by atoms with Crippen LogP contribution in [0.25, 0.3) is 0 Å². The van der Waals surface area contributed by atoms with E-state index in [1.165, 1.54) is 0 Å². The van der Waals surface area contributed by atoms with Crippen molar-refractivity contribution in [1.82, 2.24) is 15.4 Å². The second-order valence-electron chi connectivity index (χ2n) is 6.19. The average molecular weight is 346 g/mol. The molecule has 8 heteroatoms. The monoisotopic (exact) mass is 346 g/mol. The molecule has 25 heavy (non-hydrogen) atoms. The summed E-state index contributed by atoms with van der Waals surface area (Å²) in [6, 6.07) is 5.29. The lowest BCUT2D eigenvalue weighted by atomic mass is 10.2. The largest absolute Gasteiger partial charge is 0.465 e. The van der Waals surface area contributed by atoms with E-state index in [-0.39, 0.29) is 11.9 Å². The van der Waals surface area contributed by atoms with Gasteiger partial charge in [0.2, 0.25) is 0 Å². The quantitative estimate of drug-likeness (QED) is 0.801. The predicted octanol–water partition coefficient (Wildman–Crippen LogP) is 1.78. The smallest absolute Gasteiger partial charge is 0.314 e. The first-order valence-electron chi connectivity index (χ1n) is 8.36. The molecule has 2 N–H and O–H groups in total. The number of hydrogen-bond donors (Lipinski definition) is 2. The van der Waals surface area contributed by atoms with Gasteiger partial charge in [-0.25, -0.2) is 0 Å². The van der Waals surface area contributed by atoms with Crippen LogP contribution in [0.5, 0.6) is 0 Å². The van der Waals surface area contributed by atoms with Gasteiger partial charge in [0.1, 0.15) is 17.3 Å². The normalized spacial score (nSPS) is 15.9. The van der Waals surface area contributed by atoms with Gasteiger partial charge in [-0.1, -0.05) is 5.16 Å². The number of rotatable bonds is 5. The summed E-state index contributed by atoms with van der Waals surface area (Å²) in [7, 11) is 0. The zero-order valence-corrected chi connectivity index (χ0v) is 14.4. The van der Waals surface area contributed by atoms with Crippen molar-refractivity contribution in [2.45, 2.75) is 32.7 Å². The van der Waals surface area contributed by atoms with E-state index in [0.717, 1.165) is 37.5 Å². The standard InChI is InChI=1S/C17H22N4O4/c1-11-5-6-14(24-11)13(21-7-3-4-8-21)10-18-16(22)17(23)19-15-9-12(2)25-20-15/h5-6,9,13H,3-4,7-8,10H2,1-2H3,(H,18,22)(H,19,20,23). The van der Waals surface area contributed by atoms with E-state index in [9.17, 15) is 9.59 Å². The van der Waals surface area contributed by atoms with Gasteiger partial charge in [-0.3, -0.25) is 19.8 Å². The molecule has 1 aliphatic heterocycles. The molecule has 1 aliphatic rings. The van der Waals surface area contributed by atoms with Crippen molar-refractivity contribution >= 4 is 17.6 Å².